The van der Waals surface area contributed by atoms with Crippen LogP contribution in [0, 0.1) is 0 Å². The minimum Gasteiger partial charge on any atom is -0.506 e. The van der Waals surface area contributed by atoms with Crippen molar-refractivity contribution in [2.75, 3.05) is 17.2 Å². The van der Waals surface area contributed by atoms with E-state index in [1.165, 1.54) is 6.33 Å². The molecule has 5 heteroatoms. The molecule has 0 radical (unpaired) electrons. The van der Waals surface area contributed by atoms with E-state index in [0.717, 1.165) is 40.7 Å². The zero-order valence-corrected chi connectivity index (χ0v) is 12.0. The molecule has 0 spiro atoms. The van der Waals surface area contributed by atoms with E-state index in [4.69, 9.17) is 5.73 Å². The van der Waals surface area contributed by atoms with Gasteiger partial charge in [-0.25, -0.2) is 9.97 Å². The van der Waals surface area contributed by atoms with Crippen molar-refractivity contribution >= 4 is 22.3 Å². The first kappa shape index (κ1) is 12.9. The number of benzene rings is 2. The van der Waals surface area contributed by atoms with Crippen molar-refractivity contribution in [3.05, 3.63) is 54.0 Å². The third kappa shape index (κ3) is 1.94. The number of phenolic OH excluding ortho intramolecular Hbond substituents is 1. The number of nitrogen functional groups attached to an aromatic ring is 1. The van der Waals surface area contributed by atoms with Gasteiger partial charge in [0.1, 0.15) is 17.9 Å². The summed E-state index contributed by atoms with van der Waals surface area (Å²) < 4.78 is 0. The lowest BCUT2D eigenvalue weighted by Gasteiger charge is -2.31. The second kappa shape index (κ2) is 4.87. The summed E-state index contributed by atoms with van der Waals surface area (Å²) in [6.45, 7) is 1.41. The van der Waals surface area contributed by atoms with E-state index in [1.807, 2.05) is 24.3 Å². The Bertz CT molecular complexity index is 862. The number of fused-ring (bicyclic) bond motifs is 2. The molecule has 1 aliphatic rings. The summed E-state index contributed by atoms with van der Waals surface area (Å²) in [5.74, 6) is 0.857. The summed E-state index contributed by atoms with van der Waals surface area (Å²) in [5, 5.41) is 12.5. The minimum atomic E-state index is 0.296. The smallest absolute Gasteiger partial charge is 0.139 e. The van der Waals surface area contributed by atoms with Crippen molar-refractivity contribution in [3.8, 4) is 5.75 Å². The molecule has 0 amide bonds. The molecule has 1 aromatic heterocycles. The molecule has 0 unspecified atom stereocenters. The van der Waals surface area contributed by atoms with Gasteiger partial charge in [0.15, 0.2) is 0 Å². The number of nitrogens with zero attached hydrogens (tertiary/aromatic N) is 3. The van der Waals surface area contributed by atoms with Gasteiger partial charge in [0.05, 0.1) is 17.9 Å². The zero-order valence-electron chi connectivity index (χ0n) is 12.0. The summed E-state index contributed by atoms with van der Waals surface area (Å²) in [5.41, 5.74) is 8.75. The third-order valence-corrected chi connectivity index (χ3v) is 4.24. The van der Waals surface area contributed by atoms with Crippen molar-refractivity contribution in [1.29, 1.82) is 0 Å². The van der Waals surface area contributed by atoms with E-state index < -0.39 is 0 Å². The average molecular weight is 292 g/mol. The average Bonchev–Trinajstić information content (AvgIpc) is 2.55. The zero-order chi connectivity index (χ0) is 15.1. The predicted octanol–water partition coefficient (Wildman–Crippen LogP) is 2.48. The molecular formula is C17H16N4O. The highest BCUT2D eigenvalue weighted by Crippen LogP contribution is 2.38. The van der Waals surface area contributed by atoms with Gasteiger partial charge < -0.3 is 15.7 Å². The number of rotatable bonds is 1. The highest BCUT2D eigenvalue weighted by Gasteiger charge is 2.23. The number of phenols is 1. The van der Waals surface area contributed by atoms with Crippen molar-refractivity contribution < 1.29 is 5.11 Å². The Labute approximate surface area is 128 Å². The van der Waals surface area contributed by atoms with Gasteiger partial charge in [-0.05, 0) is 17.9 Å². The fraction of sp³-hybridized carbons (Fsp3) is 0.176. The van der Waals surface area contributed by atoms with Crippen LogP contribution in [0.5, 0.6) is 5.75 Å². The van der Waals surface area contributed by atoms with E-state index in [-0.39, 0.29) is 0 Å². The van der Waals surface area contributed by atoms with Gasteiger partial charge in [0.25, 0.3) is 0 Å². The molecule has 3 aromatic rings. The van der Waals surface area contributed by atoms with E-state index in [9.17, 15) is 5.11 Å². The molecule has 0 fully saturated rings. The number of aromatic hydroxyl groups is 1. The van der Waals surface area contributed by atoms with Crippen LogP contribution in [0.15, 0.2) is 42.7 Å². The normalized spacial score (nSPS) is 14.1. The Morgan fingerprint density at radius 2 is 1.95 bits per heavy atom. The highest BCUT2D eigenvalue weighted by atomic mass is 16.3. The molecule has 1 aliphatic heterocycles. The second-order valence-electron chi connectivity index (χ2n) is 5.51. The molecule has 3 N–H and O–H groups in total. The standard InChI is InChI=1S/C17H16N4O/c18-17-13-7-8-21(9-14(13)19-10-20-17)16-12-4-2-1-3-11(12)5-6-15(16)22/h1-6,10,22H,7-9H2,(H2,18,19,20). The van der Waals surface area contributed by atoms with Crippen LogP contribution in [0.4, 0.5) is 11.5 Å². The Balaban J connectivity index is 1.82. The predicted molar refractivity (Wildman–Crippen MR) is 86.8 cm³/mol. The maximum Gasteiger partial charge on any atom is 0.139 e. The number of hydrogen-bond acceptors (Lipinski definition) is 5. The van der Waals surface area contributed by atoms with Crippen LogP contribution in [0.25, 0.3) is 10.8 Å². The molecule has 0 bridgehead atoms. The van der Waals surface area contributed by atoms with Gasteiger partial charge in [0.2, 0.25) is 0 Å². The Morgan fingerprint density at radius 1 is 1.09 bits per heavy atom. The van der Waals surface area contributed by atoms with Crippen LogP contribution in [-0.2, 0) is 13.0 Å². The monoisotopic (exact) mass is 292 g/mol. The molecule has 2 aromatic carbocycles. The summed E-state index contributed by atoms with van der Waals surface area (Å²) in [6, 6.07) is 11.8. The Hall–Kier alpha value is -2.82. The SMILES string of the molecule is Nc1ncnc2c1CCN(c1c(O)ccc3ccccc13)C2. The third-order valence-electron chi connectivity index (χ3n) is 4.24. The maximum atomic E-state index is 10.4. The van der Waals surface area contributed by atoms with Crippen LogP contribution in [0.2, 0.25) is 0 Å². The van der Waals surface area contributed by atoms with E-state index >= 15 is 0 Å². The largest absolute Gasteiger partial charge is 0.506 e. The first-order chi connectivity index (χ1) is 10.7. The molecule has 22 heavy (non-hydrogen) atoms. The molecule has 4 rings (SSSR count). The molecule has 0 saturated carbocycles. The Kier molecular flexibility index (Phi) is 2.85. The Morgan fingerprint density at radius 3 is 2.86 bits per heavy atom. The fourth-order valence-electron chi connectivity index (χ4n) is 3.15. The lowest BCUT2D eigenvalue weighted by molar-refractivity contribution is 0.473. The molecule has 110 valence electrons. The first-order valence-electron chi connectivity index (χ1n) is 7.28. The summed E-state index contributed by atoms with van der Waals surface area (Å²) >= 11 is 0. The molecule has 0 atom stereocenters. The number of nitrogens with two attached hydrogens (primary N) is 1. The van der Waals surface area contributed by atoms with Crippen LogP contribution in [0.3, 0.4) is 0 Å². The van der Waals surface area contributed by atoms with E-state index in [0.29, 0.717) is 18.1 Å². The van der Waals surface area contributed by atoms with Crippen molar-refractivity contribution in [2.45, 2.75) is 13.0 Å². The number of aromatic nitrogens is 2. The van der Waals surface area contributed by atoms with Crippen LogP contribution < -0.4 is 10.6 Å². The topological polar surface area (TPSA) is 75.3 Å². The van der Waals surface area contributed by atoms with Gasteiger partial charge in [-0.2, -0.15) is 0 Å². The van der Waals surface area contributed by atoms with Gasteiger partial charge in [0, 0.05) is 17.5 Å². The lowest BCUT2D eigenvalue weighted by atomic mass is 10.0. The maximum absolute atomic E-state index is 10.4. The molecule has 0 aliphatic carbocycles. The van der Waals surface area contributed by atoms with E-state index in [2.05, 4.69) is 20.9 Å². The highest BCUT2D eigenvalue weighted by molar-refractivity contribution is 5.97. The van der Waals surface area contributed by atoms with Crippen LogP contribution in [-0.4, -0.2) is 21.6 Å². The van der Waals surface area contributed by atoms with Gasteiger partial charge in [-0.15, -0.1) is 0 Å². The number of anilines is 2. The quantitative estimate of drug-likeness (QED) is 0.720. The van der Waals surface area contributed by atoms with Crippen molar-refractivity contribution in [3.63, 3.8) is 0 Å². The summed E-state index contributed by atoms with van der Waals surface area (Å²) in [6.07, 6.45) is 2.28. The van der Waals surface area contributed by atoms with Crippen LogP contribution >= 0.6 is 0 Å². The molecular weight excluding hydrogens is 276 g/mol. The number of hydrogen-bond donors (Lipinski definition) is 2. The summed E-state index contributed by atoms with van der Waals surface area (Å²) in [7, 11) is 0. The molecule has 0 saturated heterocycles. The van der Waals surface area contributed by atoms with Gasteiger partial charge >= 0.3 is 0 Å². The fourth-order valence-corrected chi connectivity index (χ4v) is 3.15. The first-order valence-corrected chi connectivity index (χ1v) is 7.28. The lowest BCUT2D eigenvalue weighted by Crippen LogP contribution is -2.32. The van der Waals surface area contributed by atoms with Gasteiger partial charge in [-0.3, -0.25) is 0 Å². The molecule has 2 heterocycles. The summed E-state index contributed by atoms with van der Waals surface area (Å²) in [4.78, 5) is 10.6. The van der Waals surface area contributed by atoms with Crippen molar-refractivity contribution in [1.82, 2.24) is 9.97 Å². The van der Waals surface area contributed by atoms with Crippen LogP contribution in [0.1, 0.15) is 11.3 Å². The minimum absolute atomic E-state index is 0.296. The van der Waals surface area contributed by atoms with Crippen molar-refractivity contribution in [2.24, 2.45) is 0 Å². The molecule has 5 nitrogen and oxygen atoms in total. The van der Waals surface area contributed by atoms with E-state index in [1.54, 1.807) is 6.07 Å². The second-order valence-corrected chi connectivity index (χ2v) is 5.51. The van der Waals surface area contributed by atoms with Gasteiger partial charge in [-0.1, -0.05) is 30.3 Å².